The highest BCUT2D eigenvalue weighted by Crippen LogP contribution is 2.31. The van der Waals surface area contributed by atoms with E-state index in [1.54, 1.807) is 6.20 Å². The van der Waals surface area contributed by atoms with E-state index in [0.717, 1.165) is 38.3 Å². The standard InChI is InChI=1S/C23H31N3O3/c1-17(2)23(29)26-12-10-25(11-13-26)9-8-24-16-20-21(27)14-19(15-22(20)28)18-6-4-3-5-7-18/h3-7,16-17,19,24H,8-15H2,1-2H3. The number of amides is 1. The van der Waals surface area contributed by atoms with Crippen molar-refractivity contribution >= 4 is 17.5 Å². The number of nitrogens with zero attached hydrogens (tertiary/aromatic N) is 2. The van der Waals surface area contributed by atoms with Crippen molar-refractivity contribution in [2.45, 2.75) is 32.6 Å². The molecule has 1 saturated carbocycles. The Kier molecular flexibility index (Phi) is 7.20. The maximum atomic E-state index is 12.5. The van der Waals surface area contributed by atoms with Gasteiger partial charge in [-0.15, -0.1) is 0 Å². The quantitative estimate of drug-likeness (QED) is 0.452. The van der Waals surface area contributed by atoms with Crippen molar-refractivity contribution in [3.63, 3.8) is 0 Å². The van der Waals surface area contributed by atoms with E-state index < -0.39 is 0 Å². The molecule has 0 aromatic heterocycles. The van der Waals surface area contributed by atoms with Crippen LogP contribution >= 0.6 is 0 Å². The van der Waals surface area contributed by atoms with Crippen LogP contribution in [-0.4, -0.2) is 66.5 Å². The van der Waals surface area contributed by atoms with Gasteiger partial charge in [-0.3, -0.25) is 19.3 Å². The molecule has 1 amide bonds. The zero-order valence-electron chi connectivity index (χ0n) is 17.4. The first kappa shape index (κ1) is 21.2. The van der Waals surface area contributed by atoms with E-state index in [0.29, 0.717) is 25.0 Å². The number of ketones is 2. The molecule has 1 aromatic carbocycles. The van der Waals surface area contributed by atoms with Gasteiger partial charge in [0, 0.05) is 64.2 Å². The molecule has 3 rings (SSSR count). The molecule has 6 heteroatoms. The number of carbonyl (C=O) groups is 3. The number of Topliss-reactive ketones (excluding diaryl/α,β-unsaturated/α-hetero) is 2. The molecule has 1 aliphatic heterocycles. The van der Waals surface area contributed by atoms with Gasteiger partial charge < -0.3 is 10.2 Å². The fourth-order valence-electron chi connectivity index (χ4n) is 3.97. The normalized spacial score (nSPS) is 20.9. The number of benzene rings is 1. The Bertz CT molecular complexity index is 745. The molecule has 6 nitrogen and oxygen atoms in total. The van der Waals surface area contributed by atoms with Crippen molar-refractivity contribution in [3.05, 3.63) is 47.7 Å². The SMILES string of the molecule is CC(C)C(=O)N1CCN(CCNC=C2C(=O)CC(c3ccccc3)CC2=O)CC1. The van der Waals surface area contributed by atoms with Crippen LogP contribution in [0.4, 0.5) is 0 Å². The molecule has 1 aromatic rings. The number of nitrogens with one attached hydrogen (secondary N) is 1. The first-order valence-corrected chi connectivity index (χ1v) is 10.5. The smallest absolute Gasteiger partial charge is 0.225 e. The lowest BCUT2D eigenvalue weighted by Crippen LogP contribution is -2.50. The van der Waals surface area contributed by atoms with Crippen molar-refractivity contribution in [1.29, 1.82) is 0 Å². The zero-order chi connectivity index (χ0) is 20.8. The van der Waals surface area contributed by atoms with E-state index in [1.165, 1.54) is 0 Å². The van der Waals surface area contributed by atoms with E-state index in [9.17, 15) is 14.4 Å². The maximum Gasteiger partial charge on any atom is 0.225 e. The summed E-state index contributed by atoms with van der Waals surface area (Å²) in [6.07, 6.45) is 2.37. The number of hydrogen-bond acceptors (Lipinski definition) is 5. The summed E-state index contributed by atoms with van der Waals surface area (Å²) in [5.74, 6) is 0.0857. The second kappa shape index (κ2) is 9.83. The van der Waals surface area contributed by atoms with Crippen molar-refractivity contribution in [3.8, 4) is 0 Å². The average molecular weight is 398 g/mol. The van der Waals surface area contributed by atoms with Crippen molar-refractivity contribution in [2.24, 2.45) is 5.92 Å². The topological polar surface area (TPSA) is 69.7 Å². The predicted octanol–water partition coefficient (Wildman–Crippen LogP) is 1.98. The number of allylic oxidation sites excluding steroid dienone is 1. The summed E-state index contributed by atoms with van der Waals surface area (Å²) in [6.45, 7) is 8.59. The molecule has 2 aliphatic rings. The summed E-state index contributed by atoms with van der Waals surface area (Å²) in [5, 5.41) is 3.14. The van der Waals surface area contributed by atoms with Gasteiger partial charge in [0.2, 0.25) is 5.91 Å². The summed E-state index contributed by atoms with van der Waals surface area (Å²) in [6, 6.07) is 9.78. The van der Waals surface area contributed by atoms with Crippen molar-refractivity contribution in [1.82, 2.24) is 15.1 Å². The predicted molar refractivity (Wildman–Crippen MR) is 112 cm³/mol. The Labute approximate surface area is 172 Å². The molecule has 29 heavy (non-hydrogen) atoms. The largest absolute Gasteiger partial charge is 0.389 e. The molecule has 1 heterocycles. The highest BCUT2D eigenvalue weighted by molar-refractivity contribution is 6.22. The Hall–Kier alpha value is -2.47. The molecule has 0 bridgehead atoms. The summed E-state index contributed by atoms with van der Waals surface area (Å²) in [4.78, 5) is 41.2. The van der Waals surface area contributed by atoms with E-state index in [4.69, 9.17) is 0 Å². The van der Waals surface area contributed by atoms with Gasteiger partial charge in [0.15, 0.2) is 11.6 Å². The zero-order valence-corrected chi connectivity index (χ0v) is 17.4. The lowest BCUT2D eigenvalue weighted by molar-refractivity contribution is -0.136. The van der Waals surface area contributed by atoms with Gasteiger partial charge in [-0.05, 0) is 11.5 Å². The van der Waals surface area contributed by atoms with Gasteiger partial charge >= 0.3 is 0 Å². The van der Waals surface area contributed by atoms with E-state index >= 15 is 0 Å². The molecule has 0 unspecified atom stereocenters. The summed E-state index contributed by atoms with van der Waals surface area (Å²) < 4.78 is 0. The molecule has 2 fully saturated rings. The van der Waals surface area contributed by atoms with Crippen LogP contribution in [0.3, 0.4) is 0 Å². The summed E-state index contributed by atoms with van der Waals surface area (Å²) >= 11 is 0. The molecular formula is C23H31N3O3. The third-order valence-corrected chi connectivity index (χ3v) is 5.73. The van der Waals surface area contributed by atoms with Gasteiger partial charge in [-0.2, -0.15) is 0 Å². The van der Waals surface area contributed by atoms with Crippen LogP contribution in [-0.2, 0) is 14.4 Å². The van der Waals surface area contributed by atoms with Gasteiger partial charge in [0.1, 0.15) is 0 Å². The molecule has 0 radical (unpaired) electrons. The number of rotatable bonds is 6. The third-order valence-electron chi connectivity index (χ3n) is 5.73. The van der Waals surface area contributed by atoms with Crippen LogP contribution in [0.1, 0.15) is 38.2 Å². The number of hydrogen-bond donors (Lipinski definition) is 1. The molecule has 0 atom stereocenters. The Morgan fingerprint density at radius 1 is 1.07 bits per heavy atom. The molecule has 0 spiro atoms. The number of piperazine rings is 1. The Morgan fingerprint density at radius 2 is 1.69 bits per heavy atom. The third kappa shape index (κ3) is 5.54. The van der Waals surface area contributed by atoms with Gasteiger partial charge in [-0.25, -0.2) is 0 Å². The Balaban J connectivity index is 1.43. The van der Waals surface area contributed by atoms with Gasteiger partial charge in [-0.1, -0.05) is 44.2 Å². The lowest BCUT2D eigenvalue weighted by Gasteiger charge is -2.35. The van der Waals surface area contributed by atoms with Crippen LogP contribution in [0.25, 0.3) is 0 Å². The fourth-order valence-corrected chi connectivity index (χ4v) is 3.97. The van der Waals surface area contributed by atoms with Gasteiger partial charge in [0.05, 0.1) is 5.57 Å². The van der Waals surface area contributed by atoms with Crippen LogP contribution in [0.15, 0.2) is 42.1 Å². The highest BCUT2D eigenvalue weighted by atomic mass is 16.2. The number of carbonyl (C=O) groups excluding carboxylic acids is 3. The average Bonchev–Trinajstić information content (AvgIpc) is 2.73. The highest BCUT2D eigenvalue weighted by Gasteiger charge is 2.31. The second-order valence-corrected chi connectivity index (χ2v) is 8.20. The first-order chi connectivity index (χ1) is 14.0. The summed E-state index contributed by atoms with van der Waals surface area (Å²) in [5.41, 5.74) is 1.35. The lowest BCUT2D eigenvalue weighted by atomic mass is 9.80. The van der Waals surface area contributed by atoms with Crippen LogP contribution in [0, 0.1) is 5.92 Å². The van der Waals surface area contributed by atoms with Crippen LogP contribution < -0.4 is 5.32 Å². The maximum absolute atomic E-state index is 12.5. The molecule has 1 aliphatic carbocycles. The monoisotopic (exact) mass is 397 g/mol. The fraction of sp³-hybridized carbons (Fsp3) is 0.522. The molecular weight excluding hydrogens is 366 g/mol. The molecule has 156 valence electrons. The molecule has 1 N–H and O–H groups in total. The Morgan fingerprint density at radius 3 is 2.28 bits per heavy atom. The minimum Gasteiger partial charge on any atom is -0.389 e. The van der Waals surface area contributed by atoms with E-state index in [-0.39, 0.29) is 29.3 Å². The van der Waals surface area contributed by atoms with E-state index in [1.807, 2.05) is 49.1 Å². The summed E-state index contributed by atoms with van der Waals surface area (Å²) in [7, 11) is 0. The van der Waals surface area contributed by atoms with Crippen LogP contribution in [0.2, 0.25) is 0 Å². The minimum atomic E-state index is -0.0802. The second-order valence-electron chi connectivity index (χ2n) is 8.20. The molecule has 1 saturated heterocycles. The van der Waals surface area contributed by atoms with Crippen LogP contribution in [0.5, 0.6) is 0 Å². The van der Waals surface area contributed by atoms with E-state index in [2.05, 4.69) is 10.2 Å². The van der Waals surface area contributed by atoms with Gasteiger partial charge in [0.25, 0.3) is 0 Å². The first-order valence-electron chi connectivity index (χ1n) is 10.5. The minimum absolute atomic E-state index is 0.0156. The van der Waals surface area contributed by atoms with Crippen molar-refractivity contribution < 1.29 is 14.4 Å². The van der Waals surface area contributed by atoms with Crippen molar-refractivity contribution in [2.75, 3.05) is 39.3 Å².